The van der Waals surface area contributed by atoms with Gasteiger partial charge in [-0.15, -0.1) is 0 Å². The average molecular weight is 487 g/mol. The van der Waals surface area contributed by atoms with Gasteiger partial charge in [0.1, 0.15) is 6.54 Å². The van der Waals surface area contributed by atoms with Crippen LogP contribution in [0.3, 0.4) is 0 Å². The van der Waals surface area contributed by atoms with Crippen molar-refractivity contribution in [3.63, 3.8) is 0 Å². The number of carbonyl (C=O) groups is 1. The molecule has 3 aromatic rings. The standard InChI is InChI=1S/C24H27ClN4O3S/c1-16-10-17(2)12-23(11-16)29-18(3)13-20(19(29)4)14-26-27-24(30)15-28(33(5,31)32)22-8-6-21(25)7-9-22/h6-14H,15H2,1-5H3,(H,27,30)/b26-14-. The molecule has 0 unspecified atom stereocenters. The lowest BCUT2D eigenvalue weighted by atomic mass is 10.1. The van der Waals surface area contributed by atoms with E-state index in [9.17, 15) is 13.2 Å². The van der Waals surface area contributed by atoms with Gasteiger partial charge in [0.05, 0.1) is 18.2 Å². The maximum atomic E-state index is 12.4. The van der Waals surface area contributed by atoms with Gasteiger partial charge in [0.15, 0.2) is 0 Å². The molecule has 9 heteroatoms. The Kier molecular flexibility index (Phi) is 7.29. The van der Waals surface area contributed by atoms with E-state index in [-0.39, 0.29) is 0 Å². The summed E-state index contributed by atoms with van der Waals surface area (Å²) in [5.41, 5.74) is 9.06. The van der Waals surface area contributed by atoms with Crippen LogP contribution in [0.25, 0.3) is 5.69 Å². The number of halogens is 1. The van der Waals surface area contributed by atoms with Crippen LogP contribution in [0.15, 0.2) is 53.6 Å². The van der Waals surface area contributed by atoms with E-state index in [1.54, 1.807) is 30.5 Å². The molecule has 1 N–H and O–H groups in total. The number of aryl methyl sites for hydroxylation is 3. The van der Waals surface area contributed by atoms with Gasteiger partial charge in [-0.05, 0) is 81.3 Å². The van der Waals surface area contributed by atoms with Crippen LogP contribution in [-0.4, -0.2) is 37.9 Å². The van der Waals surface area contributed by atoms with Gasteiger partial charge in [0.2, 0.25) is 10.0 Å². The Morgan fingerprint density at radius 3 is 2.24 bits per heavy atom. The SMILES string of the molecule is Cc1cc(C)cc(-n2c(C)cc(/C=N\NC(=O)CN(c3ccc(Cl)cc3)S(C)(=O)=O)c2C)c1. The molecular weight excluding hydrogens is 460 g/mol. The number of aromatic nitrogens is 1. The van der Waals surface area contributed by atoms with E-state index in [4.69, 9.17) is 11.6 Å². The molecule has 0 atom stereocenters. The van der Waals surface area contributed by atoms with Crippen molar-refractivity contribution in [1.29, 1.82) is 0 Å². The lowest BCUT2D eigenvalue weighted by Gasteiger charge is -2.21. The minimum Gasteiger partial charge on any atom is -0.318 e. The molecule has 0 aliphatic rings. The van der Waals surface area contributed by atoms with Crippen LogP contribution in [0.4, 0.5) is 5.69 Å². The fraction of sp³-hybridized carbons (Fsp3) is 0.250. The molecular formula is C24H27ClN4O3S. The fourth-order valence-corrected chi connectivity index (χ4v) is 4.72. The molecule has 0 saturated heterocycles. The second kappa shape index (κ2) is 9.80. The van der Waals surface area contributed by atoms with Crippen molar-refractivity contribution < 1.29 is 13.2 Å². The highest BCUT2D eigenvalue weighted by molar-refractivity contribution is 7.92. The molecule has 1 aromatic heterocycles. The van der Waals surface area contributed by atoms with E-state index in [0.29, 0.717) is 10.7 Å². The Hall–Kier alpha value is -3.10. The van der Waals surface area contributed by atoms with E-state index < -0.39 is 22.5 Å². The Bertz CT molecular complexity index is 1290. The zero-order valence-electron chi connectivity index (χ0n) is 19.3. The smallest absolute Gasteiger partial charge is 0.260 e. The third-order valence-corrected chi connectivity index (χ3v) is 6.52. The third kappa shape index (κ3) is 6.03. The molecule has 0 spiro atoms. The van der Waals surface area contributed by atoms with E-state index in [0.717, 1.165) is 33.2 Å². The lowest BCUT2D eigenvalue weighted by molar-refractivity contribution is -0.119. The number of hydrogen-bond donors (Lipinski definition) is 1. The molecule has 1 amide bonds. The summed E-state index contributed by atoms with van der Waals surface area (Å²) in [5, 5.41) is 4.52. The molecule has 1 heterocycles. The highest BCUT2D eigenvalue weighted by Gasteiger charge is 2.20. The fourth-order valence-electron chi connectivity index (χ4n) is 3.74. The van der Waals surface area contributed by atoms with Crippen LogP contribution in [-0.2, 0) is 14.8 Å². The number of amides is 1. The first-order chi connectivity index (χ1) is 15.5. The summed E-state index contributed by atoms with van der Waals surface area (Å²) in [6, 6.07) is 14.6. The zero-order valence-corrected chi connectivity index (χ0v) is 20.8. The van der Waals surface area contributed by atoms with Crippen LogP contribution in [0, 0.1) is 27.7 Å². The molecule has 33 heavy (non-hydrogen) atoms. The summed E-state index contributed by atoms with van der Waals surface area (Å²) >= 11 is 5.87. The summed E-state index contributed by atoms with van der Waals surface area (Å²) in [4.78, 5) is 12.4. The maximum Gasteiger partial charge on any atom is 0.260 e. The minimum absolute atomic E-state index is 0.345. The van der Waals surface area contributed by atoms with Crippen LogP contribution in [0.5, 0.6) is 0 Å². The van der Waals surface area contributed by atoms with Gasteiger partial charge < -0.3 is 4.57 Å². The molecule has 0 aliphatic carbocycles. The predicted molar refractivity (Wildman–Crippen MR) is 134 cm³/mol. The lowest BCUT2D eigenvalue weighted by Crippen LogP contribution is -2.39. The summed E-state index contributed by atoms with van der Waals surface area (Å²) in [6.07, 6.45) is 2.60. The number of rotatable bonds is 7. The van der Waals surface area contributed by atoms with E-state index in [2.05, 4.69) is 47.1 Å². The number of benzene rings is 2. The van der Waals surface area contributed by atoms with Crippen molar-refractivity contribution in [2.24, 2.45) is 5.10 Å². The first-order valence-corrected chi connectivity index (χ1v) is 12.5. The summed E-state index contributed by atoms with van der Waals surface area (Å²) in [7, 11) is -3.68. The first-order valence-electron chi connectivity index (χ1n) is 10.3. The first kappa shape index (κ1) is 24.5. The quantitative estimate of drug-likeness (QED) is 0.399. The molecule has 7 nitrogen and oxygen atoms in total. The topological polar surface area (TPSA) is 83.8 Å². The van der Waals surface area contributed by atoms with Gasteiger partial charge in [-0.1, -0.05) is 17.7 Å². The van der Waals surface area contributed by atoms with Gasteiger partial charge in [0, 0.05) is 27.7 Å². The number of nitrogens with zero attached hydrogens (tertiary/aromatic N) is 3. The van der Waals surface area contributed by atoms with Gasteiger partial charge in [-0.2, -0.15) is 5.10 Å². The van der Waals surface area contributed by atoms with Crippen LogP contribution in [0.2, 0.25) is 5.02 Å². The Morgan fingerprint density at radius 1 is 1.06 bits per heavy atom. The van der Waals surface area contributed by atoms with Crippen LogP contribution < -0.4 is 9.73 Å². The number of sulfonamides is 1. The van der Waals surface area contributed by atoms with Crippen molar-refractivity contribution in [3.05, 3.63) is 81.6 Å². The largest absolute Gasteiger partial charge is 0.318 e. The average Bonchev–Trinajstić information content (AvgIpc) is 2.98. The van der Waals surface area contributed by atoms with Crippen molar-refractivity contribution >= 4 is 39.4 Å². The summed E-state index contributed by atoms with van der Waals surface area (Å²) < 4.78 is 27.5. The van der Waals surface area contributed by atoms with Gasteiger partial charge in [-0.25, -0.2) is 13.8 Å². The molecule has 0 saturated carbocycles. The van der Waals surface area contributed by atoms with E-state index in [1.165, 1.54) is 11.1 Å². The predicted octanol–water partition coefficient (Wildman–Crippen LogP) is 4.28. The molecule has 0 fully saturated rings. The van der Waals surface area contributed by atoms with Crippen molar-refractivity contribution in [2.45, 2.75) is 27.7 Å². The number of nitrogens with one attached hydrogen (secondary N) is 1. The van der Waals surface area contributed by atoms with Crippen LogP contribution >= 0.6 is 11.6 Å². The Morgan fingerprint density at radius 2 is 1.67 bits per heavy atom. The monoisotopic (exact) mass is 486 g/mol. The molecule has 174 valence electrons. The highest BCUT2D eigenvalue weighted by Crippen LogP contribution is 2.22. The number of anilines is 1. The van der Waals surface area contributed by atoms with Crippen molar-refractivity contribution in [1.82, 2.24) is 9.99 Å². The van der Waals surface area contributed by atoms with Crippen molar-refractivity contribution in [3.8, 4) is 5.69 Å². The normalized spacial score (nSPS) is 11.7. The molecule has 3 rings (SSSR count). The highest BCUT2D eigenvalue weighted by atomic mass is 35.5. The van der Waals surface area contributed by atoms with Gasteiger partial charge in [-0.3, -0.25) is 9.10 Å². The summed E-state index contributed by atoms with van der Waals surface area (Å²) in [6.45, 7) is 7.72. The number of hydrazone groups is 1. The number of hydrogen-bond acceptors (Lipinski definition) is 4. The molecule has 2 aromatic carbocycles. The zero-order chi connectivity index (χ0) is 24.3. The second-order valence-corrected chi connectivity index (χ2v) is 10.4. The molecule has 0 aliphatic heterocycles. The molecule has 0 bridgehead atoms. The number of carbonyl (C=O) groups excluding carboxylic acids is 1. The minimum atomic E-state index is -3.68. The van der Waals surface area contributed by atoms with Crippen molar-refractivity contribution in [2.75, 3.05) is 17.1 Å². The molecule has 0 radical (unpaired) electrons. The van der Waals surface area contributed by atoms with Gasteiger partial charge in [0.25, 0.3) is 5.91 Å². The second-order valence-electron chi connectivity index (χ2n) is 8.05. The maximum absolute atomic E-state index is 12.4. The van der Waals surface area contributed by atoms with E-state index in [1.807, 2.05) is 19.9 Å². The van der Waals surface area contributed by atoms with Gasteiger partial charge >= 0.3 is 0 Å². The Labute approximate surface area is 199 Å². The van der Waals surface area contributed by atoms with Crippen LogP contribution in [0.1, 0.15) is 28.1 Å². The van der Waals surface area contributed by atoms with E-state index >= 15 is 0 Å². The third-order valence-electron chi connectivity index (χ3n) is 5.13. The summed E-state index contributed by atoms with van der Waals surface area (Å²) in [5.74, 6) is -0.560. The Balaban J connectivity index is 1.75.